The van der Waals surface area contributed by atoms with Crippen molar-refractivity contribution < 1.29 is 9.21 Å². The lowest BCUT2D eigenvalue weighted by molar-refractivity contribution is 0.1000. The minimum atomic E-state index is -0.440. The smallest absolute Gasteiger partial charge is 0.249 e. The third kappa shape index (κ3) is 1.16. The molecule has 0 aliphatic heterocycles. The molecule has 1 heterocycles. The van der Waals surface area contributed by atoms with E-state index < -0.39 is 5.91 Å². The number of aryl methyl sites for hydroxylation is 2. The van der Waals surface area contributed by atoms with Gasteiger partial charge in [0.2, 0.25) is 5.91 Å². The monoisotopic (exact) mass is 190 g/mol. The molecular weight excluding hydrogens is 180 g/mol. The van der Waals surface area contributed by atoms with E-state index in [0.717, 1.165) is 5.56 Å². The van der Waals surface area contributed by atoms with Crippen LogP contribution in [0.2, 0.25) is 0 Å². The number of nitrogens with zero attached hydrogens (tertiary/aromatic N) is 1. The normalized spacial score (nSPS) is 10.7. The van der Waals surface area contributed by atoms with Crippen LogP contribution in [0.25, 0.3) is 11.1 Å². The van der Waals surface area contributed by atoms with Gasteiger partial charge in [-0.15, -0.1) is 0 Å². The van der Waals surface area contributed by atoms with Gasteiger partial charge in [0.1, 0.15) is 5.52 Å². The van der Waals surface area contributed by atoms with Crippen molar-refractivity contribution in [3.8, 4) is 0 Å². The zero-order chi connectivity index (χ0) is 10.3. The molecule has 2 aromatic rings. The number of oxazole rings is 1. The maximum absolute atomic E-state index is 11.0. The summed E-state index contributed by atoms with van der Waals surface area (Å²) < 4.78 is 5.32. The number of carbonyl (C=O) groups excluding carboxylic acids is 1. The van der Waals surface area contributed by atoms with Crippen LogP contribution in [0.4, 0.5) is 0 Å². The average Bonchev–Trinajstić information content (AvgIpc) is 2.46. The van der Waals surface area contributed by atoms with Gasteiger partial charge in [0, 0.05) is 12.5 Å². The summed E-state index contributed by atoms with van der Waals surface area (Å²) in [6, 6.07) is 3.37. The molecule has 0 saturated heterocycles. The highest BCUT2D eigenvalue weighted by molar-refractivity contribution is 5.98. The van der Waals surface area contributed by atoms with Gasteiger partial charge in [-0.2, -0.15) is 0 Å². The van der Waals surface area contributed by atoms with Crippen LogP contribution in [-0.2, 0) is 0 Å². The second-order valence-corrected chi connectivity index (χ2v) is 3.18. The fraction of sp³-hybridized carbons (Fsp3) is 0.200. The van der Waals surface area contributed by atoms with E-state index in [9.17, 15) is 4.79 Å². The molecule has 0 aliphatic carbocycles. The minimum Gasteiger partial charge on any atom is -0.441 e. The van der Waals surface area contributed by atoms with Crippen molar-refractivity contribution in [2.75, 3.05) is 0 Å². The number of benzene rings is 1. The maximum atomic E-state index is 11.0. The number of fused-ring (bicyclic) bond motifs is 1. The molecule has 0 bridgehead atoms. The number of nitrogens with two attached hydrogens (primary N) is 1. The van der Waals surface area contributed by atoms with E-state index in [0.29, 0.717) is 22.6 Å². The van der Waals surface area contributed by atoms with Crippen LogP contribution in [0.15, 0.2) is 16.5 Å². The van der Waals surface area contributed by atoms with Gasteiger partial charge < -0.3 is 10.2 Å². The van der Waals surface area contributed by atoms with Crippen molar-refractivity contribution in [3.63, 3.8) is 0 Å². The Morgan fingerprint density at radius 1 is 1.43 bits per heavy atom. The van der Waals surface area contributed by atoms with E-state index >= 15 is 0 Å². The third-order valence-corrected chi connectivity index (χ3v) is 2.19. The Bertz CT molecular complexity index is 514. The van der Waals surface area contributed by atoms with Gasteiger partial charge in [0.05, 0.1) is 0 Å². The van der Waals surface area contributed by atoms with Crippen LogP contribution in [0.1, 0.15) is 21.8 Å². The lowest BCUT2D eigenvalue weighted by Gasteiger charge is -1.99. The first-order valence-corrected chi connectivity index (χ1v) is 4.26. The number of rotatable bonds is 1. The van der Waals surface area contributed by atoms with Crippen molar-refractivity contribution in [3.05, 3.63) is 29.2 Å². The number of hydrogen-bond donors (Lipinski definition) is 1. The Kier molecular flexibility index (Phi) is 1.77. The van der Waals surface area contributed by atoms with Gasteiger partial charge in [-0.1, -0.05) is 0 Å². The van der Waals surface area contributed by atoms with Crippen LogP contribution in [-0.4, -0.2) is 10.9 Å². The number of primary amides is 1. The SMILES string of the molecule is Cc1nc2c(C)c(C(N)=O)ccc2o1. The Morgan fingerprint density at radius 3 is 2.79 bits per heavy atom. The van der Waals surface area contributed by atoms with Crippen LogP contribution < -0.4 is 5.73 Å². The van der Waals surface area contributed by atoms with Crippen molar-refractivity contribution >= 4 is 17.0 Å². The Morgan fingerprint density at radius 2 is 2.14 bits per heavy atom. The molecule has 14 heavy (non-hydrogen) atoms. The van der Waals surface area contributed by atoms with Gasteiger partial charge in [-0.05, 0) is 24.6 Å². The van der Waals surface area contributed by atoms with Crippen LogP contribution in [0.3, 0.4) is 0 Å². The summed E-state index contributed by atoms with van der Waals surface area (Å²) in [4.78, 5) is 15.2. The molecule has 0 radical (unpaired) electrons. The largest absolute Gasteiger partial charge is 0.441 e. The molecule has 0 unspecified atom stereocenters. The molecule has 0 atom stereocenters. The van der Waals surface area contributed by atoms with Crippen LogP contribution in [0, 0.1) is 13.8 Å². The molecule has 0 aliphatic rings. The summed E-state index contributed by atoms with van der Waals surface area (Å²) in [6.45, 7) is 3.58. The molecule has 4 nitrogen and oxygen atoms in total. The highest BCUT2D eigenvalue weighted by Crippen LogP contribution is 2.21. The van der Waals surface area contributed by atoms with Gasteiger partial charge in [0.25, 0.3) is 0 Å². The molecule has 0 spiro atoms. The van der Waals surface area contributed by atoms with E-state index in [1.54, 1.807) is 19.1 Å². The van der Waals surface area contributed by atoms with Gasteiger partial charge in [-0.25, -0.2) is 4.98 Å². The predicted octanol–water partition coefficient (Wildman–Crippen LogP) is 1.54. The Labute approximate surface area is 80.7 Å². The molecule has 1 aromatic carbocycles. The topological polar surface area (TPSA) is 69.1 Å². The number of aromatic nitrogens is 1. The molecule has 1 aromatic heterocycles. The van der Waals surface area contributed by atoms with E-state index in [2.05, 4.69) is 4.98 Å². The summed E-state index contributed by atoms with van der Waals surface area (Å²) in [5.41, 5.74) is 7.87. The number of hydrogen-bond acceptors (Lipinski definition) is 3. The molecule has 2 N–H and O–H groups in total. The first-order valence-electron chi connectivity index (χ1n) is 4.26. The molecule has 2 rings (SSSR count). The molecule has 0 saturated carbocycles. The fourth-order valence-electron chi connectivity index (χ4n) is 1.50. The van der Waals surface area contributed by atoms with Gasteiger partial charge in [-0.3, -0.25) is 4.79 Å². The highest BCUT2D eigenvalue weighted by Gasteiger charge is 2.11. The summed E-state index contributed by atoms with van der Waals surface area (Å²) in [7, 11) is 0. The van der Waals surface area contributed by atoms with Crippen molar-refractivity contribution in [1.29, 1.82) is 0 Å². The fourth-order valence-corrected chi connectivity index (χ4v) is 1.50. The number of carbonyl (C=O) groups is 1. The van der Waals surface area contributed by atoms with E-state index in [4.69, 9.17) is 10.2 Å². The standard InChI is InChI=1S/C10H10N2O2/c1-5-7(10(11)13)3-4-8-9(5)12-6(2)14-8/h3-4H,1-2H3,(H2,11,13). The second kappa shape index (κ2) is 2.83. The van der Waals surface area contributed by atoms with Crippen LogP contribution in [0.5, 0.6) is 0 Å². The highest BCUT2D eigenvalue weighted by atomic mass is 16.3. The quantitative estimate of drug-likeness (QED) is 0.741. The minimum absolute atomic E-state index is 0.440. The van der Waals surface area contributed by atoms with Crippen LogP contribution >= 0.6 is 0 Å². The molecule has 0 fully saturated rings. The Hall–Kier alpha value is -1.84. The predicted molar refractivity (Wildman–Crippen MR) is 52.0 cm³/mol. The van der Waals surface area contributed by atoms with E-state index in [1.165, 1.54) is 0 Å². The zero-order valence-electron chi connectivity index (χ0n) is 8.00. The summed E-state index contributed by atoms with van der Waals surface area (Å²) in [5, 5.41) is 0. The first-order chi connectivity index (χ1) is 6.59. The lowest BCUT2D eigenvalue weighted by atomic mass is 10.1. The summed E-state index contributed by atoms with van der Waals surface area (Å²) in [5.74, 6) is 0.148. The molecule has 1 amide bonds. The summed E-state index contributed by atoms with van der Waals surface area (Å²) >= 11 is 0. The summed E-state index contributed by atoms with van der Waals surface area (Å²) in [6.07, 6.45) is 0. The molecule has 72 valence electrons. The van der Waals surface area contributed by atoms with E-state index in [1.807, 2.05) is 6.92 Å². The third-order valence-electron chi connectivity index (χ3n) is 2.19. The number of amides is 1. The van der Waals surface area contributed by atoms with Gasteiger partial charge >= 0.3 is 0 Å². The maximum Gasteiger partial charge on any atom is 0.249 e. The van der Waals surface area contributed by atoms with Crippen molar-refractivity contribution in [1.82, 2.24) is 4.98 Å². The zero-order valence-corrected chi connectivity index (χ0v) is 8.00. The van der Waals surface area contributed by atoms with E-state index in [-0.39, 0.29) is 0 Å². The van der Waals surface area contributed by atoms with Crippen molar-refractivity contribution in [2.24, 2.45) is 5.73 Å². The average molecular weight is 190 g/mol. The lowest BCUT2D eigenvalue weighted by Crippen LogP contribution is -2.12. The Balaban J connectivity index is 2.80. The van der Waals surface area contributed by atoms with Crippen molar-refractivity contribution in [2.45, 2.75) is 13.8 Å². The molecular formula is C10H10N2O2. The first kappa shape index (κ1) is 8.74. The second-order valence-electron chi connectivity index (χ2n) is 3.18. The van der Waals surface area contributed by atoms with Gasteiger partial charge in [0.15, 0.2) is 11.5 Å². The molecule has 4 heteroatoms.